The quantitative estimate of drug-likeness (QED) is 0.743. The zero-order valence-corrected chi connectivity index (χ0v) is 9.12. The van der Waals surface area contributed by atoms with Gasteiger partial charge in [-0.1, -0.05) is 23.8 Å². The Morgan fingerprint density at radius 3 is 2.93 bits per heavy atom. The van der Waals surface area contributed by atoms with Gasteiger partial charge in [0.15, 0.2) is 5.78 Å². The van der Waals surface area contributed by atoms with Crippen molar-refractivity contribution in [2.24, 2.45) is 5.92 Å². The van der Waals surface area contributed by atoms with Crippen LogP contribution in [-0.4, -0.2) is 18.9 Å². The summed E-state index contributed by atoms with van der Waals surface area (Å²) in [5.74, 6) is 1.02. The van der Waals surface area contributed by atoms with Crippen molar-refractivity contribution in [2.45, 2.75) is 19.8 Å². The molecule has 2 nitrogen and oxygen atoms in total. The average molecular weight is 203 g/mol. The maximum atomic E-state index is 11.7. The number of hydrogen-bond donors (Lipinski definition) is 1. The molecule has 0 atom stereocenters. The lowest BCUT2D eigenvalue weighted by Gasteiger charge is -2.03. The third-order valence-corrected chi connectivity index (χ3v) is 2.76. The second kappa shape index (κ2) is 4.58. The molecule has 15 heavy (non-hydrogen) atoms. The van der Waals surface area contributed by atoms with Crippen LogP contribution in [0, 0.1) is 12.8 Å². The van der Waals surface area contributed by atoms with E-state index in [4.69, 9.17) is 0 Å². The van der Waals surface area contributed by atoms with E-state index in [9.17, 15) is 4.79 Å². The second-order valence-corrected chi connectivity index (χ2v) is 4.37. The highest BCUT2D eigenvalue weighted by Crippen LogP contribution is 2.27. The monoisotopic (exact) mass is 203 g/mol. The largest absolute Gasteiger partial charge is 0.309 e. The van der Waals surface area contributed by atoms with Crippen molar-refractivity contribution in [3.63, 3.8) is 0 Å². The molecule has 1 aromatic rings. The minimum Gasteiger partial charge on any atom is -0.309 e. The SMILES string of the molecule is Cc1cccc(C(=O)CNCC2CC2)c1. The summed E-state index contributed by atoms with van der Waals surface area (Å²) in [7, 11) is 0. The number of nitrogens with one attached hydrogen (secondary N) is 1. The second-order valence-electron chi connectivity index (χ2n) is 4.37. The van der Waals surface area contributed by atoms with Crippen molar-refractivity contribution >= 4 is 5.78 Å². The fraction of sp³-hybridized carbons (Fsp3) is 0.462. The molecule has 0 aromatic heterocycles. The molecule has 1 aliphatic carbocycles. The van der Waals surface area contributed by atoms with E-state index < -0.39 is 0 Å². The van der Waals surface area contributed by atoms with Crippen molar-refractivity contribution in [1.82, 2.24) is 5.32 Å². The fourth-order valence-corrected chi connectivity index (χ4v) is 1.63. The van der Waals surface area contributed by atoms with Gasteiger partial charge in [0.1, 0.15) is 0 Å². The smallest absolute Gasteiger partial charge is 0.176 e. The van der Waals surface area contributed by atoms with Crippen LogP contribution in [0.4, 0.5) is 0 Å². The van der Waals surface area contributed by atoms with Crippen LogP contribution in [-0.2, 0) is 0 Å². The first-order chi connectivity index (χ1) is 7.25. The molecular weight excluding hydrogens is 186 g/mol. The summed E-state index contributed by atoms with van der Waals surface area (Å²) in [5.41, 5.74) is 1.96. The summed E-state index contributed by atoms with van der Waals surface area (Å²) in [5, 5.41) is 3.22. The lowest BCUT2D eigenvalue weighted by molar-refractivity contribution is 0.0991. The van der Waals surface area contributed by atoms with Crippen LogP contribution < -0.4 is 5.32 Å². The Balaban J connectivity index is 1.83. The van der Waals surface area contributed by atoms with Crippen LogP contribution in [0.2, 0.25) is 0 Å². The lowest BCUT2D eigenvalue weighted by atomic mass is 10.1. The maximum absolute atomic E-state index is 11.7. The highest BCUT2D eigenvalue weighted by molar-refractivity contribution is 5.97. The predicted octanol–water partition coefficient (Wildman–Crippen LogP) is 2.18. The van der Waals surface area contributed by atoms with Gasteiger partial charge in [0.05, 0.1) is 6.54 Å². The number of ketones is 1. The van der Waals surface area contributed by atoms with Gasteiger partial charge in [0, 0.05) is 5.56 Å². The van der Waals surface area contributed by atoms with E-state index in [0.29, 0.717) is 6.54 Å². The van der Waals surface area contributed by atoms with Crippen LogP contribution in [0.5, 0.6) is 0 Å². The van der Waals surface area contributed by atoms with E-state index in [1.807, 2.05) is 31.2 Å². The molecule has 1 N–H and O–H groups in total. The number of Topliss-reactive ketones (excluding diaryl/α,β-unsaturated/α-hetero) is 1. The number of benzene rings is 1. The van der Waals surface area contributed by atoms with Gasteiger partial charge in [-0.25, -0.2) is 0 Å². The minimum absolute atomic E-state index is 0.194. The van der Waals surface area contributed by atoms with Crippen molar-refractivity contribution in [3.8, 4) is 0 Å². The van der Waals surface area contributed by atoms with Crippen LogP contribution in [0.1, 0.15) is 28.8 Å². The summed E-state index contributed by atoms with van der Waals surface area (Å²) >= 11 is 0. The van der Waals surface area contributed by atoms with Crippen LogP contribution in [0.25, 0.3) is 0 Å². The molecule has 0 bridgehead atoms. The molecule has 0 saturated heterocycles. The molecule has 0 aliphatic heterocycles. The van der Waals surface area contributed by atoms with E-state index in [1.54, 1.807) is 0 Å². The van der Waals surface area contributed by atoms with Gasteiger partial charge in [-0.15, -0.1) is 0 Å². The number of carbonyl (C=O) groups is 1. The molecule has 0 amide bonds. The Kier molecular flexibility index (Phi) is 3.17. The Morgan fingerprint density at radius 2 is 2.27 bits per heavy atom. The first kappa shape index (κ1) is 10.4. The van der Waals surface area contributed by atoms with Crippen molar-refractivity contribution < 1.29 is 4.79 Å². The Hall–Kier alpha value is -1.15. The molecular formula is C13H17NO. The molecule has 1 aromatic carbocycles. The standard InChI is InChI=1S/C13H17NO/c1-10-3-2-4-12(7-10)13(15)9-14-8-11-5-6-11/h2-4,7,11,14H,5-6,8-9H2,1H3. The molecule has 1 fully saturated rings. The molecule has 0 spiro atoms. The van der Waals surface area contributed by atoms with Crippen molar-refractivity contribution in [3.05, 3.63) is 35.4 Å². The van der Waals surface area contributed by atoms with Crippen molar-refractivity contribution in [1.29, 1.82) is 0 Å². The maximum Gasteiger partial charge on any atom is 0.176 e. The van der Waals surface area contributed by atoms with Crippen LogP contribution in [0.15, 0.2) is 24.3 Å². The number of aryl methyl sites for hydroxylation is 1. The summed E-state index contributed by atoms with van der Waals surface area (Å²) < 4.78 is 0. The Bertz CT molecular complexity index is 355. The predicted molar refractivity (Wildman–Crippen MR) is 61.1 cm³/mol. The molecule has 1 saturated carbocycles. The average Bonchev–Trinajstić information content (AvgIpc) is 3.01. The first-order valence-corrected chi connectivity index (χ1v) is 5.56. The molecule has 0 radical (unpaired) electrons. The van der Waals surface area contributed by atoms with Crippen molar-refractivity contribution in [2.75, 3.05) is 13.1 Å². The summed E-state index contributed by atoms with van der Waals surface area (Å²) in [4.78, 5) is 11.7. The minimum atomic E-state index is 0.194. The molecule has 0 heterocycles. The molecule has 0 unspecified atom stereocenters. The normalized spacial score (nSPS) is 15.3. The topological polar surface area (TPSA) is 29.1 Å². The third-order valence-electron chi connectivity index (χ3n) is 2.76. The summed E-state index contributed by atoms with van der Waals surface area (Å²) in [6.45, 7) is 3.48. The third kappa shape index (κ3) is 3.17. The Labute approximate surface area is 90.7 Å². The molecule has 2 rings (SSSR count). The van der Waals surface area contributed by atoms with E-state index >= 15 is 0 Å². The zero-order valence-electron chi connectivity index (χ0n) is 9.12. The first-order valence-electron chi connectivity index (χ1n) is 5.56. The van der Waals surface area contributed by atoms with Gasteiger partial charge < -0.3 is 5.32 Å². The van der Waals surface area contributed by atoms with E-state index in [1.165, 1.54) is 12.8 Å². The van der Waals surface area contributed by atoms with Gasteiger partial charge in [-0.2, -0.15) is 0 Å². The fourth-order valence-electron chi connectivity index (χ4n) is 1.63. The number of hydrogen-bond acceptors (Lipinski definition) is 2. The van der Waals surface area contributed by atoms with Crippen LogP contribution >= 0.6 is 0 Å². The lowest BCUT2D eigenvalue weighted by Crippen LogP contribution is -2.25. The molecule has 1 aliphatic rings. The van der Waals surface area contributed by atoms with E-state index in [-0.39, 0.29) is 5.78 Å². The number of rotatable bonds is 5. The number of carbonyl (C=O) groups excluding carboxylic acids is 1. The molecule has 2 heteroatoms. The highest BCUT2D eigenvalue weighted by atomic mass is 16.1. The highest BCUT2D eigenvalue weighted by Gasteiger charge is 2.20. The molecule has 80 valence electrons. The van der Waals surface area contributed by atoms with Crippen LogP contribution in [0.3, 0.4) is 0 Å². The van der Waals surface area contributed by atoms with E-state index in [2.05, 4.69) is 5.32 Å². The van der Waals surface area contributed by atoms with Gasteiger partial charge >= 0.3 is 0 Å². The van der Waals surface area contributed by atoms with Gasteiger partial charge in [-0.3, -0.25) is 4.79 Å². The van der Waals surface area contributed by atoms with Gasteiger partial charge in [0.25, 0.3) is 0 Å². The zero-order chi connectivity index (χ0) is 10.7. The Morgan fingerprint density at radius 1 is 1.47 bits per heavy atom. The van der Waals surface area contributed by atoms with Gasteiger partial charge in [0.2, 0.25) is 0 Å². The summed E-state index contributed by atoms with van der Waals surface area (Å²) in [6, 6.07) is 7.77. The van der Waals surface area contributed by atoms with E-state index in [0.717, 1.165) is 23.6 Å². The summed E-state index contributed by atoms with van der Waals surface area (Å²) in [6.07, 6.45) is 2.65. The van der Waals surface area contributed by atoms with Gasteiger partial charge in [-0.05, 0) is 38.3 Å².